The van der Waals surface area contributed by atoms with Crippen LogP contribution in [0.25, 0.3) is 22.5 Å². The molecule has 144 valence electrons. The van der Waals surface area contributed by atoms with Crippen LogP contribution in [0, 0.1) is 0 Å². The number of benzene rings is 3. The molecule has 0 bridgehead atoms. The number of hydrogen-bond donors (Lipinski definition) is 1. The van der Waals surface area contributed by atoms with Gasteiger partial charge in [-0.05, 0) is 48.5 Å². The lowest BCUT2D eigenvalue weighted by atomic mass is 10.0. The number of aromatic nitrogens is 2. The Morgan fingerprint density at radius 2 is 1.31 bits per heavy atom. The van der Waals surface area contributed by atoms with Crippen LogP contribution in [0.5, 0.6) is 11.5 Å². The maximum atomic E-state index is 12.9. The molecular weight excluding hydrogens is 364 g/mol. The number of hydrogen-bond acceptors (Lipinski definition) is 4. The van der Waals surface area contributed by atoms with Gasteiger partial charge >= 0.3 is 0 Å². The van der Waals surface area contributed by atoms with Crippen molar-refractivity contribution in [3.63, 3.8) is 0 Å². The van der Waals surface area contributed by atoms with Crippen LogP contribution in [-0.2, 0) is 0 Å². The van der Waals surface area contributed by atoms with E-state index in [2.05, 4.69) is 9.97 Å². The second-order valence-corrected chi connectivity index (χ2v) is 6.46. The van der Waals surface area contributed by atoms with Crippen molar-refractivity contribution in [2.45, 2.75) is 0 Å². The zero-order valence-corrected chi connectivity index (χ0v) is 16.2. The Morgan fingerprint density at radius 1 is 0.759 bits per heavy atom. The molecule has 0 amide bonds. The van der Waals surface area contributed by atoms with E-state index < -0.39 is 0 Å². The highest BCUT2D eigenvalue weighted by Gasteiger charge is 2.19. The van der Waals surface area contributed by atoms with Crippen molar-refractivity contribution < 1.29 is 14.3 Å². The molecule has 3 aromatic carbocycles. The highest BCUT2D eigenvalue weighted by atomic mass is 16.5. The number of ketones is 1. The molecule has 5 heteroatoms. The van der Waals surface area contributed by atoms with Gasteiger partial charge in [-0.2, -0.15) is 0 Å². The van der Waals surface area contributed by atoms with E-state index in [0.29, 0.717) is 17.1 Å². The fourth-order valence-corrected chi connectivity index (χ4v) is 3.13. The molecule has 0 aliphatic carbocycles. The van der Waals surface area contributed by atoms with Gasteiger partial charge in [-0.25, -0.2) is 4.98 Å². The summed E-state index contributed by atoms with van der Waals surface area (Å²) in [5.74, 6) is 1.67. The minimum absolute atomic E-state index is 0.153. The Hall–Kier alpha value is -3.86. The lowest BCUT2D eigenvalue weighted by Crippen LogP contribution is -2.03. The lowest BCUT2D eigenvalue weighted by molar-refractivity contribution is 0.103. The number of H-pyrrole nitrogens is 1. The molecular formula is C24H20N2O3. The van der Waals surface area contributed by atoms with E-state index in [1.807, 2.05) is 66.7 Å². The number of rotatable bonds is 6. The summed E-state index contributed by atoms with van der Waals surface area (Å²) in [6, 6.07) is 24.4. The molecule has 0 radical (unpaired) electrons. The van der Waals surface area contributed by atoms with Gasteiger partial charge in [0.15, 0.2) is 5.82 Å². The van der Waals surface area contributed by atoms with Gasteiger partial charge in [-0.1, -0.05) is 30.3 Å². The third-order valence-electron chi connectivity index (χ3n) is 4.70. The van der Waals surface area contributed by atoms with Crippen LogP contribution in [0.4, 0.5) is 0 Å². The molecule has 1 heterocycles. The molecule has 0 unspecified atom stereocenters. The average molecular weight is 384 g/mol. The van der Waals surface area contributed by atoms with Crippen molar-refractivity contribution in [2.75, 3.05) is 14.2 Å². The largest absolute Gasteiger partial charge is 0.497 e. The number of nitrogens with one attached hydrogen (secondary N) is 1. The van der Waals surface area contributed by atoms with Gasteiger partial charge in [0.1, 0.15) is 11.5 Å². The predicted molar refractivity (Wildman–Crippen MR) is 112 cm³/mol. The summed E-state index contributed by atoms with van der Waals surface area (Å²) in [5.41, 5.74) is 3.87. The number of nitrogens with zero attached hydrogens (tertiary/aromatic N) is 1. The molecule has 0 atom stereocenters. The van der Waals surface area contributed by atoms with Gasteiger partial charge in [0, 0.05) is 16.7 Å². The van der Waals surface area contributed by atoms with Crippen molar-refractivity contribution in [1.29, 1.82) is 0 Å². The third-order valence-corrected chi connectivity index (χ3v) is 4.70. The zero-order chi connectivity index (χ0) is 20.2. The van der Waals surface area contributed by atoms with E-state index in [4.69, 9.17) is 9.47 Å². The minimum Gasteiger partial charge on any atom is -0.497 e. The summed E-state index contributed by atoms with van der Waals surface area (Å²) in [7, 11) is 3.26. The maximum absolute atomic E-state index is 12.9. The quantitative estimate of drug-likeness (QED) is 0.476. The summed E-state index contributed by atoms with van der Waals surface area (Å²) in [6.07, 6.45) is 0. The van der Waals surface area contributed by atoms with Crippen molar-refractivity contribution in [1.82, 2.24) is 9.97 Å². The molecule has 0 fully saturated rings. The van der Waals surface area contributed by atoms with Crippen molar-refractivity contribution >= 4 is 5.78 Å². The molecule has 0 aliphatic rings. The van der Waals surface area contributed by atoms with Gasteiger partial charge in [0.05, 0.1) is 25.6 Å². The van der Waals surface area contributed by atoms with Gasteiger partial charge < -0.3 is 14.5 Å². The van der Waals surface area contributed by atoms with Crippen LogP contribution in [0.3, 0.4) is 0 Å². The van der Waals surface area contributed by atoms with E-state index in [9.17, 15) is 4.79 Å². The fourth-order valence-electron chi connectivity index (χ4n) is 3.13. The van der Waals surface area contributed by atoms with Crippen LogP contribution in [0.2, 0.25) is 0 Å². The zero-order valence-electron chi connectivity index (χ0n) is 16.2. The van der Waals surface area contributed by atoms with Gasteiger partial charge in [-0.15, -0.1) is 0 Å². The Kier molecular flexibility index (Phi) is 5.12. The van der Waals surface area contributed by atoms with Crippen molar-refractivity contribution in [2.24, 2.45) is 0 Å². The first-order valence-corrected chi connectivity index (χ1v) is 9.18. The first kappa shape index (κ1) is 18.5. The first-order valence-electron chi connectivity index (χ1n) is 9.18. The minimum atomic E-state index is -0.153. The molecule has 4 rings (SSSR count). The normalized spacial score (nSPS) is 10.6. The van der Waals surface area contributed by atoms with Crippen LogP contribution in [0.15, 0.2) is 78.9 Å². The molecule has 5 nitrogen and oxygen atoms in total. The van der Waals surface area contributed by atoms with Gasteiger partial charge in [-0.3, -0.25) is 4.79 Å². The number of carbonyl (C=O) groups excluding carboxylic acids is 1. The Bertz CT molecular complexity index is 1050. The first-order chi connectivity index (χ1) is 14.2. The monoisotopic (exact) mass is 384 g/mol. The Balaban J connectivity index is 1.82. The molecule has 0 spiro atoms. The van der Waals surface area contributed by atoms with Gasteiger partial charge in [0.25, 0.3) is 0 Å². The molecule has 29 heavy (non-hydrogen) atoms. The summed E-state index contributed by atoms with van der Waals surface area (Å²) >= 11 is 0. The summed E-state index contributed by atoms with van der Waals surface area (Å²) in [4.78, 5) is 20.8. The Morgan fingerprint density at radius 3 is 1.86 bits per heavy atom. The van der Waals surface area contributed by atoms with E-state index in [1.54, 1.807) is 26.4 Å². The maximum Gasteiger partial charge on any atom is 0.228 e. The molecule has 1 N–H and O–H groups in total. The second kappa shape index (κ2) is 8.02. The van der Waals surface area contributed by atoms with E-state index in [1.165, 1.54) is 0 Å². The third kappa shape index (κ3) is 3.75. The van der Waals surface area contributed by atoms with E-state index >= 15 is 0 Å². The summed E-state index contributed by atoms with van der Waals surface area (Å²) in [6.45, 7) is 0. The van der Waals surface area contributed by atoms with Crippen LogP contribution in [-0.4, -0.2) is 30.0 Å². The molecule has 4 aromatic rings. The molecule has 0 aliphatic heterocycles. The number of aromatic amines is 1. The average Bonchev–Trinajstić information content (AvgIpc) is 3.24. The predicted octanol–water partition coefficient (Wildman–Crippen LogP) is 4.99. The Labute approximate surface area is 169 Å². The standard InChI is InChI=1S/C24H20N2O3/c1-28-19-12-8-16(9-13-19)21-22(17-10-14-20(29-2)15-11-17)26-24(25-21)23(27)18-6-4-3-5-7-18/h3-15H,1-2H3,(H,25,26). The molecule has 0 saturated carbocycles. The highest BCUT2D eigenvalue weighted by molar-refractivity contribution is 6.07. The van der Waals surface area contributed by atoms with Gasteiger partial charge in [0.2, 0.25) is 5.78 Å². The topological polar surface area (TPSA) is 64.2 Å². The highest BCUT2D eigenvalue weighted by Crippen LogP contribution is 2.32. The van der Waals surface area contributed by atoms with Crippen molar-refractivity contribution in [3.8, 4) is 34.0 Å². The van der Waals surface area contributed by atoms with Crippen LogP contribution in [0.1, 0.15) is 16.2 Å². The number of imidazole rings is 1. The second-order valence-electron chi connectivity index (χ2n) is 6.46. The van der Waals surface area contributed by atoms with Crippen LogP contribution >= 0.6 is 0 Å². The van der Waals surface area contributed by atoms with Crippen LogP contribution < -0.4 is 9.47 Å². The number of carbonyl (C=O) groups is 1. The fraction of sp³-hybridized carbons (Fsp3) is 0.0833. The summed E-state index contributed by atoms with van der Waals surface area (Å²) < 4.78 is 10.5. The molecule has 0 saturated heterocycles. The summed E-state index contributed by atoms with van der Waals surface area (Å²) in [5, 5.41) is 0. The van der Waals surface area contributed by atoms with E-state index in [-0.39, 0.29) is 5.78 Å². The van der Waals surface area contributed by atoms with E-state index in [0.717, 1.165) is 28.3 Å². The number of ether oxygens (including phenoxy) is 2. The molecule has 1 aromatic heterocycles. The SMILES string of the molecule is COc1ccc(-c2nc(C(=O)c3ccccc3)[nH]c2-c2ccc(OC)cc2)cc1. The number of methoxy groups -OCH3 is 2. The lowest BCUT2D eigenvalue weighted by Gasteiger charge is -2.06. The smallest absolute Gasteiger partial charge is 0.228 e. The van der Waals surface area contributed by atoms with Crippen molar-refractivity contribution in [3.05, 3.63) is 90.3 Å².